The Labute approximate surface area is 339 Å². The van der Waals surface area contributed by atoms with Crippen molar-refractivity contribution in [2.24, 2.45) is 34.5 Å². The number of hydrogen-bond donors (Lipinski definition) is 0. The van der Waals surface area contributed by atoms with E-state index in [9.17, 15) is 0 Å². The Morgan fingerprint density at radius 1 is 0.870 bits per heavy atom. The Hall–Kier alpha value is -0.675. The van der Waals surface area contributed by atoms with Crippen LogP contribution in [0.3, 0.4) is 0 Å². The molecule has 0 amide bonds. The van der Waals surface area contributed by atoms with Crippen LogP contribution in [0, 0.1) is 34.5 Å². The van der Waals surface area contributed by atoms with Crippen molar-refractivity contribution in [3.05, 3.63) is 57.5 Å². The largest absolute Gasteiger partial charge is 0.292 e. The van der Waals surface area contributed by atoms with Crippen LogP contribution in [-0.4, -0.2) is 57.5 Å². The van der Waals surface area contributed by atoms with E-state index in [-0.39, 0.29) is 11.0 Å². The molecule has 4 aliphatic heterocycles. The first-order valence-corrected chi connectivity index (χ1v) is 24.7. The van der Waals surface area contributed by atoms with Crippen LogP contribution in [0.1, 0.15) is 150 Å². The molecule has 0 radical (unpaired) electrons. The molecule has 1 spiro atoms. The van der Waals surface area contributed by atoms with Crippen LogP contribution in [0.25, 0.3) is 0 Å². The van der Waals surface area contributed by atoms with Gasteiger partial charge in [0, 0.05) is 56.9 Å². The van der Waals surface area contributed by atoms with Gasteiger partial charge in [-0.2, -0.15) is 0 Å². The molecule has 4 heterocycles. The molecule has 0 aromatic rings. The van der Waals surface area contributed by atoms with E-state index in [0.29, 0.717) is 40.8 Å². The zero-order valence-electron chi connectivity index (χ0n) is 34.5. The van der Waals surface area contributed by atoms with Crippen LogP contribution in [0.2, 0.25) is 17.5 Å². The minimum Gasteiger partial charge on any atom is -0.292 e. The second kappa shape index (κ2) is 13.2. The molecular formula is C49H70BClN2S. The molecule has 0 aromatic heterocycles. The molecule has 7 aliphatic carbocycles. The Kier molecular flexibility index (Phi) is 8.88. The number of thioether (sulfide) groups is 1. The van der Waals surface area contributed by atoms with Crippen LogP contribution in [0.5, 0.6) is 0 Å². The minimum absolute atomic E-state index is 0.190. The summed E-state index contributed by atoms with van der Waals surface area (Å²) in [6, 6.07) is 3.11. The number of halogens is 1. The summed E-state index contributed by atoms with van der Waals surface area (Å²) in [6.45, 7) is 14.1. The van der Waals surface area contributed by atoms with Gasteiger partial charge in [-0.1, -0.05) is 139 Å². The molecule has 6 fully saturated rings. The van der Waals surface area contributed by atoms with Gasteiger partial charge in [-0.3, -0.25) is 9.80 Å². The first kappa shape index (κ1) is 36.4. The molecular weight excluding hydrogens is 695 g/mol. The van der Waals surface area contributed by atoms with Gasteiger partial charge < -0.3 is 0 Å². The fourth-order valence-corrected chi connectivity index (χ4v) is 19.2. The lowest BCUT2D eigenvalue weighted by atomic mass is 9.18. The fourth-order valence-electron chi connectivity index (χ4n) is 17.3. The summed E-state index contributed by atoms with van der Waals surface area (Å²) in [5.74, 6) is 5.77. The average Bonchev–Trinajstić information content (AvgIpc) is 3.64. The molecule has 3 saturated heterocycles. The normalized spacial score (nSPS) is 45.3. The highest BCUT2D eigenvalue weighted by Crippen LogP contribution is 2.74. The van der Waals surface area contributed by atoms with Crippen LogP contribution >= 0.6 is 23.4 Å². The predicted molar refractivity (Wildman–Crippen MR) is 231 cm³/mol. The summed E-state index contributed by atoms with van der Waals surface area (Å²) in [7, 11) is 0. The Morgan fingerprint density at radius 2 is 1.67 bits per heavy atom. The Morgan fingerprint density at radius 3 is 2.46 bits per heavy atom. The predicted octanol–water partition coefficient (Wildman–Crippen LogP) is 13.0. The number of nitrogens with zero attached hydrogens (tertiary/aromatic N) is 2. The zero-order chi connectivity index (χ0) is 36.7. The Bertz CT molecular complexity index is 1670. The van der Waals surface area contributed by atoms with Crippen LogP contribution in [0.15, 0.2) is 57.5 Å². The molecule has 0 aromatic carbocycles. The van der Waals surface area contributed by atoms with Crippen molar-refractivity contribution in [2.45, 2.75) is 209 Å². The summed E-state index contributed by atoms with van der Waals surface area (Å²) in [6.07, 6.45) is 40.9. The van der Waals surface area contributed by atoms with E-state index in [1.54, 1.807) is 16.1 Å². The van der Waals surface area contributed by atoms with Gasteiger partial charge >= 0.3 is 0 Å². The quantitative estimate of drug-likeness (QED) is 0.204. The van der Waals surface area contributed by atoms with Crippen molar-refractivity contribution in [3.63, 3.8) is 0 Å². The zero-order valence-corrected chi connectivity index (χ0v) is 36.0. The van der Waals surface area contributed by atoms with E-state index in [1.165, 1.54) is 109 Å². The van der Waals surface area contributed by atoms with Crippen molar-refractivity contribution in [3.8, 4) is 0 Å². The number of fused-ring (bicyclic) bond motifs is 7. The molecule has 0 N–H and O–H groups in total. The topological polar surface area (TPSA) is 6.48 Å². The van der Waals surface area contributed by atoms with Crippen molar-refractivity contribution in [2.75, 3.05) is 0 Å². The summed E-state index contributed by atoms with van der Waals surface area (Å²) >= 11 is 9.54. The number of hydrogen-bond acceptors (Lipinski definition) is 3. The highest BCUT2D eigenvalue weighted by molar-refractivity contribution is 8.04. The monoisotopic (exact) mass is 765 g/mol. The molecule has 3 saturated carbocycles. The summed E-state index contributed by atoms with van der Waals surface area (Å²) in [5.41, 5.74) is 4.45. The van der Waals surface area contributed by atoms with Gasteiger partial charge in [-0.15, -0.1) is 11.8 Å². The number of rotatable bonds is 2. The second-order valence-corrected chi connectivity index (χ2v) is 24.0. The molecule has 12 unspecified atom stereocenters. The van der Waals surface area contributed by atoms with E-state index in [0.717, 1.165) is 59.4 Å². The standard InChI is InChI=1S/C49H70BClN2S/c1-47(2,3)31-27-40-44-41(28-31)53-45-37(24-22-33(30-15-8-6-9-16-30)43(45)49(48(53,4)5)25-12-7-13-26-49)50(44)36-23-21-32(51)29-39(36)52(40)38-19-14-18-35-34-17-10-11-20-42(34)54-46(35)38/h11,14,18,20-21,27,30,33,35-41,43-46H,6-10,12-13,15-17,19,22-26,28-29H2,1-5H3. The molecule has 11 aliphatic rings. The van der Waals surface area contributed by atoms with E-state index < -0.39 is 0 Å². The van der Waals surface area contributed by atoms with Gasteiger partial charge in [-0.05, 0) is 117 Å². The summed E-state index contributed by atoms with van der Waals surface area (Å²) < 4.78 is 0. The lowest BCUT2D eigenvalue weighted by Crippen LogP contribution is -2.74. The van der Waals surface area contributed by atoms with E-state index in [1.807, 2.05) is 0 Å². The van der Waals surface area contributed by atoms with Crippen molar-refractivity contribution in [1.82, 2.24) is 9.80 Å². The first-order chi connectivity index (χ1) is 26.1. The average molecular weight is 765 g/mol. The van der Waals surface area contributed by atoms with Crippen LogP contribution in [0.4, 0.5) is 0 Å². The van der Waals surface area contributed by atoms with Gasteiger partial charge in [0.1, 0.15) is 0 Å². The molecule has 5 heteroatoms. The van der Waals surface area contributed by atoms with E-state index in [2.05, 4.69) is 92.6 Å². The molecule has 292 valence electrons. The SMILES string of the molecule is CC(C)(C)C1=CC2C3B(C4CC=C(Cl)CC4N2C2CC=CC4C5=C(C=CCC5)SC42)C2CCC(C4CCCCC4)C4C2N(C3C1)C(C)(C)C41CCCCC1. The van der Waals surface area contributed by atoms with Gasteiger partial charge in [0.2, 0.25) is 0 Å². The third-order valence-electron chi connectivity index (χ3n) is 19.2. The Balaban J connectivity index is 1.07. The molecule has 54 heavy (non-hydrogen) atoms. The highest BCUT2D eigenvalue weighted by Gasteiger charge is 2.75. The van der Waals surface area contributed by atoms with Crippen molar-refractivity contribution < 1.29 is 0 Å². The van der Waals surface area contributed by atoms with Gasteiger partial charge in [0.15, 0.2) is 6.71 Å². The minimum atomic E-state index is 0.190. The maximum Gasteiger partial charge on any atom is 0.157 e. The lowest BCUT2D eigenvalue weighted by Gasteiger charge is -2.68. The van der Waals surface area contributed by atoms with Gasteiger partial charge in [0.25, 0.3) is 0 Å². The third kappa shape index (κ3) is 5.12. The maximum atomic E-state index is 7.27. The highest BCUT2D eigenvalue weighted by atomic mass is 35.5. The summed E-state index contributed by atoms with van der Waals surface area (Å²) in [4.78, 5) is 8.30. The molecule has 12 atom stereocenters. The van der Waals surface area contributed by atoms with Gasteiger partial charge in [-0.25, -0.2) is 0 Å². The van der Waals surface area contributed by atoms with E-state index in [4.69, 9.17) is 11.6 Å². The van der Waals surface area contributed by atoms with Crippen LogP contribution in [-0.2, 0) is 0 Å². The van der Waals surface area contributed by atoms with Gasteiger partial charge in [0.05, 0.1) is 0 Å². The molecule has 11 rings (SSSR count). The van der Waals surface area contributed by atoms with E-state index >= 15 is 0 Å². The van der Waals surface area contributed by atoms with Crippen LogP contribution < -0.4 is 0 Å². The maximum absolute atomic E-state index is 7.27. The fraction of sp³-hybridized carbons (Fsp3) is 0.796. The second-order valence-electron chi connectivity index (χ2n) is 22.3. The molecule has 0 bridgehead atoms. The lowest BCUT2D eigenvalue weighted by molar-refractivity contribution is -0.0362. The van der Waals surface area contributed by atoms with Crippen molar-refractivity contribution in [1.29, 1.82) is 0 Å². The smallest absolute Gasteiger partial charge is 0.157 e. The first-order valence-electron chi connectivity index (χ1n) is 23.4. The summed E-state index contributed by atoms with van der Waals surface area (Å²) in [5, 5.41) is 1.80. The third-order valence-corrected chi connectivity index (χ3v) is 21.1. The van der Waals surface area contributed by atoms with Crippen molar-refractivity contribution >= 4 is 30.1 Å². The molecule has 2 nitrogen and oxygen atoms in total. The number of allylic oxidation sites excluding steroid dienone is 5.